The van der Waals surface area contributed by atoms with Crippen LogP contribution in [-0.4, -0.2) is 71.3 Å². The zero-order chi connectivity index (χ0) is 18.8. The highest BCUT2D eigenvalue weighted by atomic mass is 16.2. The first-order chi connectivity index (χ1) is 13.2. The number of piperidine rings is 2. The van der Waals surface area contributed by atoms with Gasteiger partial charge in [0.05, 0.1) is 5.92 Å². The Kier molecular flexibility index (Phi) is 5.48. The molecule has 2 atom stereocenters. The highest BCUT2D eigenvalue weighted by Gasteiger charge is 2.42. The van der Waals surface area contributed by atoms with Gasteiger partial charge in [-0.15, -0.1) is 0 Å². The van der Waals surface area contributed by atoms with Gasteiger partial charge in [0, 0.05) is 50.4 Å². The summed E-state index contributed by atoms with van der Waals surface area (Å²) in [7, 11) is 0. The Morgan fingerprint density at radius 3 is 2.44 bits per heavy atom. The number of fused-ring (bicyclic) bond motifs is 4. The van der Waals surface area contributed by atoms with Crippen molar-refractivity contribution in [1.29, 1.82) is 0 Å². The number of nitrogens with zero attached hydrogens (tertiary/aromatic N) is 3. The van der Waals surface area contributed by atoms with Crippen LogP contribution in [0.3, 0.4) is 0 Å². The van der Waals surface area contributed by atoms with Gasteiger partial charge in [0.15, 0.2) is 0 Å². The number of carbonyl (C=O) groups excluding carboxylic acids is 2. The number of hydrogen-bond donors (Lipinski definition) is 0. The Morgan fingerprint density at radius 1 is 1.00 bits per heavy atom. The molecule has 0 N–H and O–H groups in total. The van der Waals surface area contributed by atoms with Gasteiger partial charge in [-0.1, -0.05) is 25.1 Å². The number of carbonyl (C=O) groups is 2. The fourth-order valence-corrected chi connectivity index (χ4v) is 5.10. The van der Waals surface area contributed by atoms with Gasteiger partial charge < -0.3 is 9.80 Å². The van der Waals surface area contributed by atoms with Crippen LogP contribution in [0.1, 0.15) is 49.4 Å². The molecule has 4 saturated heterocycles. The minimum Gasteiger partial charge on any atom is -0.339 e. The van der Waals surface area contributed by atoms with Gasteiger partial charge in [-0.2, -0.15) is 0 Å². The van der Waals surface area contributed by atoms with E-state index in [0.29, 0.717) is 18.0 Å². The van der Waals surface area contributed by atoms with E-state index in [9.17, 15) is 9.59 Å². The first kappa shape index (κ1) is 18.5. The van der Waals surface area contributed by atoms with Crippen LogP contribution in [0.4, 0.5) is 0 Å². The molecule has 0 aromatic heterocycles. The second kappa shape index (κ2) is 8.01. The molecule has 2 amide bonds. The van der Waals surface area contributed by atoms with Gasteiger partial charge in [-0.3, -0.25) is 14.5 Å². The van der Waals surface area contributed by atoms with Crippen LogP contribution in [0.5, 0.6) is 0 Å². The monoisotopic (exact) mass is 369 g/mol. The SMILES string of the molecule is CCCN1C(=O)[C@@H]2CC[C@H]1CN(C1CCN(C(=O)c3ccccc3)CC1)C2. The maximum Gasteiger partial charge on any atom is 0.253 e. The lowest BCUT2D eigenvalue weighted by molar-refractivity contribution is -0.139. The van der Waals surface area contributed by atoms with Gasteiger partial charge >= 0.3 is 0 Å². The molecule has 0 spiro atoms. The fourth-order valence-electron chi connectivity index (χ4n) is 5.10. The standard InChI is InChI=1S/C22H31N3O2/c1-2-12-25-20-9-8-18(22(25)27)15-24(16-20)19-10-13-23(14-11-19)21(26)17-6-4-3-5-7-17/h3-7,18-20H,2,8-16H2,1H3/t18-,20+/m1/s1. The van der Waals surface area contributed by atoms with Crippen molar-refractivity contribution in [2.75, 3.05) is 32.7 Å². The first-order valence-electron chi connectivity index (χ1n) is 10.6. The van der Waals surface area contributed by atoms with Gasteiger partial charge in [0.1, 0.15) is 0 Å². The molecule has 5 heteroatoms. The van der Waals surface area contributed by atoms with E-state index < -0.39 is 0 Å². The number of benzene rings is 1. The van der Waals surface area contributed by atoms with Crippen molar-refractivity contribution in [2.45, 2.75) is 51.1 Å². The van der Waals surface area contributed by atoms with Crippen molar-refractivity contribution in [2.24, 2.45) is 5.92 Å². The van der Waals surface area contributed by atoms with Gasteiger partial charge in [-0.05, 0) is 44.2 Å². The predicted molar refractivity (Wildman–Crippen MR) is 105 cm³/mol. The summed E-state index contributed by atoms with van der Waals surface area (Å²) in [5, 5.41) is 0. The first-order valence-corrected chi connectivity index (χ1v) is 10.6. The molecule has 4 fully saturated rings. The summed E-state index contributed by atoms with van der Waals surface area (Å²) in [6.45, 7) is 6.61. The van der Waals surface area contributed by atoms with E-state index in [4.69, 9.17) is 0 Å². The molecule has 0 unspecified atom stereocenters. The second-order valence-electron chi connectivity index (χ2n) is 8.30. The van der Waals surface area contributed by atoms with E-state index in [1.807, 2.05) is 35.2 Å². The molecule has 2 bridgehead atoms. The van der Waals surface area contributed by atoms with Crippen LogP contribution >= 0.6 is 0 Å². The maximum atomic E-state index is 12.8. The van der Waals surface area contributed by atoms with Crippen LogP contribution in [0.25, 0.3) is 0 Å². The van der Waals surface area contributed by atoms with Crippen molar-refractivity contribution < 1.29 is 9.59 Å². The lowest BCUT2D eigenvalue weighted by Crippen LogP contribution is -2.50. The van der Waals surface area contributed by atoms with Crippen LogP contribution in [0.2, 0.25) is 0 Å². The molecule has 4 aliphatic heterocycles. The molecule has 0 radical (unpaired) electrons. The Balaban J connectivity index is 1.37. The largest absolute Gasteiger partial charge is 0.339 e. The third-order valence-electron chi connectivity index (χ3n) is 6.57. The van der Waals surface area contributed by atoms with Crippen LogP contribution < -0.4 is 0 Å². The Bertz CT molecular complexity index is 669. The van der Waals surface area contributed by atoms with Gasteiger partial charge in [0.2, 0.25) is 5.91 Å². The zero-order valence-corrected chi connectivity index (χ0v) is 16.3. The number of likely N-dealkylation sites (tertiary alicyclic amines) is 1. The van der Waals surface area contributed by atoms with E-state index in [2.05, 4.69) is 16.7 Å². The Hall–Kier alpha value is -1.88. The molecule has 4 heterocycles. The number of rotatable bonds is 4. The average molecular weight is 370 g/mol. The zero-order valence-electron chi connectivity index (χ0n) is 16.3. The van der Waals surface area contributed by atoms with E-state index in [1.165, 1.54) is 0 Å². The quantitative estimate of drug-likeness (QED) is 0.819. The highest BCUT2D eigenvalue weighted by Crippen LogP contribution is 2.32. The summed E-state index contributed by atoms with van der Waals surface area (Å²) in [5.74, 6) is 0.709. The van der Waals surface area contributed by atoms with E-state index in [-0.39, 0.29) is 11.8 Å². The molecule has 0 aliphatic carbocycles. The normalized spacial score (nSPS) is 27.1. The summed E-state index contributed by atoms with van der Waals surface area (Å²) < 4.78 is 0. The maximum absolute atomic E-state index is 12.8. The molecular weight excluding hydrogens is 338 g/mol. The molecule has 5 nitrogen and oxygen atoms in total. The molecule has 27 heavy (non-hydrogen) atoms. The molecule has 1 aromatic carbocycles. The number of hydrogen-bond acceptors (Lipinski definition) is 3. The molecule has 0 saturated carbocycles. The van der Waals surface area contributed by atoms with Crippen molar-refractivity contribution in [1.82, 2.24) is 14.7 Å². The minimum absolute atomic E-state index is 0.147. The summed E-state index contributed by atoms with van der Waals surface area (Å²) in [6, 6.07) is 10.5. The smallest absolute Gasteiger partial charge is 0.253 e. The average Bonchev–Trinajstić information content (AvgIpc) is 3.01. The Morgan fingerprint density at radius 2 is 1.74 bits per heavy atom. The van der Waals surface area contributed by atoms with E-state index in [0.717, 1.165) is 70.4 Å². The summed E-state index contributed by atoms with van der Waals surface area (Å²) in [4.78, 5) is 32.2. The summed E-state index contributed by atoms with van der Waals surface area (Å²) in [5.41, 5.74) is 0.782. The third-order valence-corrected chi connectivity index (χ3v) is 6.57. The second-order valence-corrected chi connectivity index (χ2v) is 8.30. The lowest BCUT2D eigenvalue weighted by Gasteiger charge is -2.39. The molecule has 5 rings (SSSR count). The van der Waals surface area contributed by atoms with Gasteiger partial charge in [0.25, 0.3) is 5.91 Å². The van der Waals surface area contributed by atoms with Crippen molar-refractivity contribution in [3.8, 4) is 0 Å². The summed E-state index contributed by atoms with van der Waals surface area (Å²) in [6.07, 6.45) is 5.26. The highest BCUT2D eigenvalue weighted by molar-refractivity contribution is 5.94. The molecular formula is C22H31N3O2. The molecule has 1 aromatic rings. The molecule has 4 aliphatic rings. The van der Waals surface area contributed by atoms with Crippen LogP contribution in [0.15, 0.2) is 30.3 Å². The third kappa shape index (κ3) is 3.75. The van der Waals surface area contributed by atoms with E-state index in [1.54, 1.807) is 0 Å². The van der Waals surface area contributed by atoms with Crippen LogP contribution in [0, 0.1) is 5.92 Å². The van der Waals surface area contributed by atoms with Gasteiger partial charge in [-0.25, -0.2) is 0 Å². The summed E-state index contributed by atoms with van der Waals surface area (Å²) >= 11 is 0. The van der Waals surface area contributed by atoms with Crippen molar-refractivity contribution in [3.63, 3.8) is 0 Å². The predicted octanol–water partition coefficient (Wildman–Crippen LogP) is 2.62. The van der Waals surface area contributed by atoms with Crippen molar-refractivity contribution in [3.05, 3.63) is 35.9 Å². The van der Waals surface area contributed by atoms with Crippen molar-refractivity contribution >= 4 is 11.8 Å². The van der Waals surface area contributed by atoms with E-state index >= 15 is 0 Å². The lowest BCUT2D eigenvalue weighted by atomic mass is 9.94. The molecule has 146 valence electrons. The fraction of sp³-hybridized carbons (Fsp3) is 0.636. The minimum atomic E-state index is 0.147. The Labute approximate surface area is 162 Å². The topological polar surface area (TPSA) is 43.9 Å². The van der Waals surface area contributed by atoms with Crippen LogP contribution in [-0.2, 0) is 4.79 Å². The number of amides is 2.